The van der Waals surface area contributed by atoms with E-state index in [9.17, 15) is 18.4 Å². The summed E-state index contributed by atoms with van der Waals surface area (Å²) in [5.41, 5.74) is 4.73. The number of nitrogens with one attached hydrogen (secondary N) is 1. The van der Waals surface area contributed by atoms with Gasteiger partial charge in [-0.1, -0.05) is 12.1 Å². The number of carbonyl (C=O) groups excluding carboxylic acids is 2. The first-order valence-electron chi connectivity index (χ1n) is 10.4. The van der Waals surface area contributed by atoms with E-state index in [4.69, 9.17) is 0 Å². The number of hydrogen-bond acceptors (Lipinski definition) is 3. The highest BCUT2D eigenvalue weighted by molar-refractivity contribution is 6.08. The third-order valence-corrected chi connectivity index (χ3v) is 5.81. The zero-order valence-corrected chi connectivity index (χ0v) is 18.1. The Bertz CT molecular complexity index is 1240. The first-order chi connectivity index (χ1) is 15.3. The van der Waals surface area contributed by atoms with Gasteiger partial charge in [0.1, 0.15) is 17.5 Å². The Labute approximate surface area is 185 Å². The van der Waals surface area contributed by atoms with Crippen LogP contribution in [0.4, 0.5) is 14.6 Å². The average Bonchev–Trinajstić information content (AvgIpc) is 2.75. The van der Waals surface area contributed by atoms with E-state index in [1.54, 1.807) is 17.9 Å². The fourth-order valence-electron chi connectivity index (χ4n) is 4.11. The van der Waals surface area contributed by atoms with Crippen LogP contribution in [-0.4, -0.2) is 30.4 Å². The zero-order chi connectivity index (χ0) is 23.0. The maximum atomic E-state index is 14.4. The van der Waals surface area contributed by atoms with Crippen molar-refractivity contribution in [3.05, 3.63) is 93.2 Å². The van der Waals surface area contributed by atoms with Crippen molar-refractivity contribution in [1.82, 2.24) is 10.3 Å². The molecular formula is C25H23F2N3O2. The van der Waals surface area contributed by atoms with Crippen LogP contribution in [0.1, 0.15) is 48.5 Å². The first kappa shape index (κ1) is 21.6. The van der Waals surface area contributed by atoms with Gasteiger partial charge < -0.3 is 5.32 Å². The molecule has 5 nitrogen and oxygen atoms in total. The molecule has 1 aliphatic rings. The second-order valence-electron chi connectivity index (χ2n) is 8.01. The van der Waals surface area contributed by atoms with Crippen molar-refractivity contribution in [2.45, 2.75) is 26.7 Å². The average molecular weight is 435 g/mol. The molecule has 2 heterocycles. The van der Waals surface area contributed by atoms with Crippen molar-refractivity contribution < 1.29 is 18.4 Å². The number of anilines is 1. The minimum atomic E-state index is -0.586. The molecular weight excluding hydrogens is 412 g/mol. The van der Waals surface area contributed by atoms with Crippen molar-refractivity contribution in [2.24, 2.45) is 0 Å². The van der Waals surface area contributed by atoms with Gasteiger partial charge in [-0.25, -0.2) is 13.8 Å². The second kappa shape index (κ2) is 8.49. The Balaban J connectivity index is 1.65. The maximum absolute atomic E-state index is 14.4. The topological polar surface area (TPSA) is 62.3 Å². The van der Waals surface area contributed by atoms with Crippen molar-refractivity contribution in [3.63, 3.8) is 0 Å². The molecule has 0 saturated heterocycles. The lowest BCUT2D eigenvalue weighted by molar-refractivity contribution is 0.0956. The summed E-state index contributed by atoms with van der Waals surface area (Å²) in [5, 5.41) is 2.42. The lowest BCUT2D eigenvalue weighted by atomic mass is 9.90. The molecule has 3 aromatic rings. The minimum Gasteiger partial charge on any atom is -0.355 e. The van der Waals surface area contributed by atoms with Crippen LogP contribution in [0.2, 0.25) is 0 Å². The number of aromatic nitrogens is 1. The quantitative estimate of drug-likeness (QED) is 0.670. The molecule has 0 aliphatic carbocycles. The van der Waals surface area contributed by atoms with Gasteiger partial charge in [-0.05, 0) is 78.8 Å². The summed E-state index contributed by atoms with van der Waals surface area (Å²) >= 11 is 0. The van der Waals surface area contributed by atoms with Crippen LogP contribution in [0.3, 0.4) is 0 Å². The Morgan fingerprint density at radius 3 is 2.59 bits per heavy atom. The normalized spacial score (nSPS) is 13.2. The largest absolute Gasteiger partial charge is 0.355 e. The van der Waals surface area contributed by atoms with Gasteiger partial charge in [0.25, 0.3) is 11.8 Å². The summed E-state index contributed by atoms with van der Waals surface area (Å²) in [6.07, 6.45) is 2.20. The number of hydrogen-bond donors (Lipinski definition) is 1. The van der Waals surface area contributed by atoms with E-state index in [1.807, 2.05) is 19.1 Å². The van der Waals surface area contributed by atoms with E-state index < -0.39 is 17.5 Å². The monoisotopic (exact) mass is 435 g/mol. The Morgan fingerprint density at radius 1 is 1.12 bits per heavy atom. The number of nitrogens with zero attached hydrogens (tertiary/aromatic N) is 2. The molecule has 1 N–H and O–H groups in total. The number of amides is 2. The lowest BCUT2D eigenvalue weighted by Crippen LogP contribution is -2.38. The van der Waals surface area contributed by atoms with E-state index in [-0.39, 0.29) is 11.5 Å². The minimum absolute atomic E-state index is 0.00796. The highest BCUT2D eigenvalue weighted by Gasteiger charge is 2.28. The molecule has 1 aromatic heterocycles. The van der Waals surface area contributed by atoms with Crippen molar-refractivity contribution in [3.8, 4) is 0 Å². The summed E-state index contributed by atoms with van der Waals surface area (Å²) < 4.78 is 27.8. The van der Waals surface area contributed by atoms with Crippen LogP contribution in [0, 0.1) is 25.5 Å². The third kappa shape index (κ3) is 3.98. The fraction of sp³-hybridized carbons (Fsp3) is 0.240. The Hall–Kier alpha value is -3.61. The predicted molar refractivity (Wildman–Crippen MR) is 118 cm³/mol. The van der Waals surface area contributed by atoms with Crippen molar-refractivity contribution in [2.75, 3.05) is 18.5 Å². The van der Waals surface area contributed by atoms with Crippen LogP contribution >= 0.6 is 0 Å². The van der Waals surface area contributed by atoms with Crippen molar-refractivity contribution >= 4 is 17.6 Å². The van der Waals surface area contributed by atoms with Crippen LogP contribution in [0.25, 0.3) is 0 Å². The number of aryl methyl sites for hydroxylation is 2. The van der Waals surface area contributed by atoms with E-state index in [1.165, 1.54) is 25.2 Å². The summed E-state index contributed by atoms with van der Waals surface area (Å²) in [7, 11) is 1.45. The molecule has 0 saturated carbocycles. The smallest absolute Gasteiger partial charge is 0.259 e. The number of fused-ring (bicyclic) bond motifs is 1. The van der Waals surface area contributed by atoms with Gasteiger partial charge >= 0.3 is 0 Å². The standard InChI is InChI=1S/C25H23F2N3O2/c1-14-8-17-6-7-30(23-15(2)9-19(26)13-29-23)25(32)21(17)12-18(14)10-16-4-5-20(22(27)11-16)24(31)28-3/h4-5,8-9,11-13H,6-7,10H2,1-3H3,(H,28,31). The molecule has 0 atom stereocenters. The molecule has 164 valence electrons. The van der Waals surface area contributed by atoms with Crippen LogP contribution < -0.4 is 10.2 Å². The number of carbonyl (C=O) groups is 2. The number of pyridine rings is 1. The lowest BCUT2D eigenvalue weighted by Gasteiger charge is -2.29. The molecule has 1 aliphatic heterocycles. The van der Waals surface area contributed by atoms with E-state index in [2.05, 4.69) is 10.3 Å². The van der Waals surface area contributed by atoms with Crippen LogP contribution in [0.15, 0.2) is 42.6 Å². The highest BCUT2D eigenvalue weighted by atomic mass is 19.1. The van der Waals surface area contributed by atoms with Gasteiger partial charge in [0, 0.05) is 19.2 Å². The van der Waals surface area contributed by atoms with Gasteiger partial charge in [-0.15, -0.1) is 0 Å². The van der Waals surface area contributed by atoms with E-state index >= 15 is 0 Å². The molecule has 2 aromatic carbocycles. The highest BCUT2D eigenvalue weighted by Crippen LogP contribution is 2.29. The molecule has 32 heavy (non-hydrogen) atoms. The molecule has 4 rings (SSSR count). The van der Waals surface area contributed by atoms with Crippen LogP contribution in [0.5, 0.6) is 0 Å². The van der Waals surface area contributed by atoms with Crippen LogP contribution in [-0.2, 0) is 12.8 Å². The van der Waals surface area contributed by atoms with E-state index in [0.29, 0.717) is 41.9 Å². The molecule has 7 heteroatoms. The fourth-order valence-corrected chi connectivity index (χ4v) is 4.11. The number of halogens is 2. The maximum Gasteiger partial charge on any atom is 0.259 e. The summed E-state index contributed by atoms with van der Waals surface area (Å²) in [5.74, 6) is -1.23. The second-order valence-corrected chi connectivity index (χ2v) is 8.01. The van der Waals surface area contributed by atoms with Gasteiger partial charge in [0.05, 0.1) is 11.8 Å². The van der Waals surface area contributed by atoms with Gasteiger partial charge in [-0.2, -0.15) is 0 Å². The third-order valence-electron chi connectivity index (χ3n) is 5.81. The Morgan fingerprint density at radius 2 is 1.91 bits per heavy atom. The summed E-state index contributed by atoms with van der Waals surface area (Å²) in [4.78, 5) is 30.7. The molecule has 0 unspecified atom stereocenters. The zero-order valence-electron chi connectivity index (χ0n) is 18.1. The predicted octanol–water partition coefficient (Wildman–Crippen LogP) is 4.13. The SMILES string of the molecule is CNC(=O)c1ccc(Cc2cc3c(cc2C)CCN(c2ncc(F)cc2C)C3=O)cc1F. The molecule has 0 bridgehead atoms. The van der Waals surface area contributed by atoms with E-state index in [0.717, 1.165) is 22.9 Å². The number of benzene rings is 2. The molecule has 0 spiro atoms. The summed E-state index contributed by atoms with van der Waals surface area (Å²) in [6.45, 7) is 4.16. The van der Waals surface area contributed by atoms with Gasteiger partial charge in [0.2, 0.25) is 0 Å². The van der Waals surface area contributed by atoms with Gasteiger partial charge in [0.15, 0.2) is 0 Å². The van der Waals surface area contributed by atoms with Gasteiger partial charge in [-0.3, -0.25) is 14.5 Å². The summed E-state index contributed by atoms with van der Waals surface area (Å²) in [6, 6.07) is 9.74. The van der Waals surface area contributed by atoms with Crippen molar-refractivity contribution in [1.29, 1.82) is 0 Å². The first-order valence-corrected chi connectivity index (χ1v) is 10.4. The molecule has 2 amide bonds. The molecule has 0 fully saturated rings. The Kier molecular flexibility index (Phi) is 5.74. The number of rotatable bonds is 4. The molecule has 0 radical (unpaired) electrons.